The van der Waals surface area contributed by atoms with E-state index in [0.717, 1.165) is 16.0 Å². The van der Waals surface area contributed by atoms with Crippen LogP contribution < -0.4 is 0 Å². The van der Waals surface area contributed by atoms with Gasteiger partial charge in [0.2, 0.25) is 0 Å². The second-order valence-corrected chi connectivity index (χ2v) is 14.8. The Morgan fingerprint density at radius 3 is 2.11 bits per heavy atom. The lowest BCUT2D eigenvalue weighted by molar-refractivity contribution is 0.0403. The molecule has 0 heterocycles. The van der Waals surface area contributed by atoms with Crippen LogP contribution in [0.2, 0.25) is 18.1 Å². The molecule has 27 heavy (non-hydrogen) atoms. The van der Waals surface area contributed by atoms with E-state index in [1.807, 2.05) is 61.5 Å². The molecule has 2 aromatic carbocycles. The number of aliphatic hydroxyl groups excluding tert-OH is 1. The normalized spacial score (nSPS) is 16.0. The van der Waals surface area contributed by atoms with E-state index in [1.165, 1.54) is 0 Å². The van der Waals surface area contributed by atoms with Crippen molar-refractivity contribution in [2.24, 2.45) is 0 Å². The Bertz CT molecular complexity index is 751. The lowest BCUT2D eigenvalue weighted by Gasteiger charge is -2.40. The molecule has 148 valence electrons. The van der Waals surface area contributed by atoms with Gasteiger partial charge in [-0.1, -0.05) is 68.8 Å². The van der Waals surface area contributed by atoms with Crippen LogP contribution in [-0.4, -0.2) is 29.5 Å². The maximum atomic E-state index is 13.0. The van der Waals surface area contributed by atoms with Crippen molar-refractivity contribution in [1.29, 1.82) is 0 Å². The summed E-state index contributed by atoms with van der Waals surface area (Å²) in [6.45, 7) is 12.8. The van der Waals surface area contributed by atoms with E-state index in [9.17, 15) is 9.32 Å². The highest BCUT2D eigenvalue weighted by atomic mass is 32.2. The summed E-state index contributed by atoms with van der Waals surface area (Å²) in [5, 5.41) is 11.0. The molecule has 1 N–H and O–H groups in total. The number of benzene rings is 2. The predicted molar refractivity (Wildman–Crippen MR) is 116 cm³/mol. The molecule has 0 aliphatic heterocycles. The SMILES string of the molecule is Cc1ccc([S@@](=O)C[C@H](O[Si](C)(C)C(C)(C)C)[C@H](O)c2ccccc2)cc1. The van der Waals surface area contributed by atoms with Crippen molar-refractivity contribution in [2.75, 3.05) is 5.75 Å². The minimum atomic E-state index is -2.13. The van der Waals surface area contributed by atoms with Crippen molar-refractivity contribution in [2.45, 2.75) is 62.9 Å². The molecule has 0 aromatic heterocycles. The molecule has 0 unspecified atom stereocenters. The van der Waals surface area contributed by atoms with Gasteiger partial charge < -0.3 is 9.53 Å². The van der Waals surface area contributed by atoms with Crippen molar-refractivity contribution in [3.05, 3.63) is 65.7 Å². The van der Waals surface area contributed by atoms with Gasteiger partial charge in [0.05, 0.1) is 22.7 Å². The third kappa shape index (κ3) is 5.85. The zero-order valence-electron chi connectivity index (χ0n) is 17.2. The highest BCUT2D eigenvalue weighted by Crippen LogP contribution is 2.39. The first-order valence-electron chi connectivity index (χ1n) is 9.37. The lowest BCUT2D eigenvalue weighted by Crippen LogP contribution is -2.47. The Balaban J connectivity index is 2.28. The minimum absolute atomic E-state index is 0.00695. The van der Waals surface area contributed by atoms with Crippen molar-refractivity contribution in [1.82, 2.24) is 0 Å². The monoisotopic (exact) mass is 404 g/mol. The summed E-state index contributed by atoms with van der Waals surface area (Å²) >= 11 is 0. The number of aryl methyl sites for hydroxylation is 1. The number of rotatable bonds is 7. The summed E-state index contributed by atoms with van der Waals surface area (Å²) in [6, 6.07) is 17.2. The van der Waals surface area contributed by atoms with Gasteiger partial charge in [-0.05, 0) is 42.8 Å². The van der Waals surface area contributed by atoms with Crippen LogP contribution in [0.5, 0.6) is 0 Å². The molecule has 0 aliphatic rings. The predicted octanol–water partition coefficient (Wildman–Crippen LogP) is 5.23. The van der Waals surface area contributed by atoms with E-state index in [0.29, 0.717) is 0 Å². The smallest absolute Gasteiger partial charge is 0.192 e. The number of hydrogen-bond acceptors (Lipinski definition) is 3. The zero-order valence-corrected chi connectivity index (χ0v) is 19.0. The molecule has 0 bridgehead atoms. The Hall–Kier alpha value is -1.27. The van der Waals surface area contributed by atoms with Gasteiger partial charge in [0.15, 0.2) is 8.32 Å². The summed E-state index contributed by atoms with van der Waals surface area (Å²) in [5.74, 6) is 0.269. The summed E-state index contributed by atoms with van der Waals surface area (Å²) in [5.41, 5.74) is 1.93. The molecule has 0 saturated carbocycles. The summed E-state index contributed by atoms with van der Waals surface area (Å²) in [7, 11) is -3.38. The van der Waals surface area contributed by atoms with Gasteiger partial charge in [-0.3, -0.25) is 4.21 Å². The van der Waals surface area contributed by atoms with Crippen LogP contribution in [0.4, 0.5) is 0 Å². The molecule has 0 fully saturated rings. The summed E-state index contributed by atoms with van der Waals surface area (Å²) in [6.07, 6.45) is -1.33. The van der Waals surface area contributed by atoms with Gasteiger partial charge in [0.1, 0.15) is 6.10 Å². The fourth-order valence-electron chi connectivity index (χ4n) is 2.55. The maximum absolute atomic E-state index is 13.0. The van der Waals surface area contributed by atoms with E-state index in [4.69, 9.17) is 4.43 Å². The second kappa shape index (κ2) is 8.82. The van der Waals surface area contributed by atoms with Crippen molar-refractivity contribution in [3.8, 4) is 0 Å². The fraction of sp³-hybridized carbons (Fsp3) is 0.455. The second-order valence-electron chi connectivity index (χ2n) is 8.60. The third-order valence-electron chi connectivity index (χ3n) is 5.34. The van der Waals surface area contributed by atoms with Crippen molar-refractivity contribution in [3.63, 3.8) is 0 Å². The van der Waals surface area contributed by atoms with E-state index < -0.39 is 31.3 Å². The number of hydrogen-bond donors (Lipinski definition) is 1. The zero-order chi connectivity index (χ0) is 20.2. The van der Waals surface area contributed by atoms with Gasteiger partial charge in [0, 0.05) is 4.90 Å². The van der Waals surface area contributed by atoms with Gasteiger partial charge in [0.25, 0.3) is 0 Å². The molecule has 0 saturated heterocycles. The van der Waals surface area contributed by atoms with E-state index in [-0.39, 0.29) is 10.8 Å². The molecule has 2 aromatic rings. The molecule has 2 rings (SSSR count). The molecule has 0 amide bonds. The van der Waals surface area contributed by atoms with Gasteiger partial charge in [-0.2, -0.15) is 0 Å². The van der Waals surface area contributed by atoms with Crippen LogP contribution >= 0.6 is 0 Å². The first-order chi connectivity index (χ1) is 12.5. The Kier molecular flexibility index (Phi) is 7.19. The average Bonchev–Trinajstić information content (AvgIpc) is 2.60. The molecule has 0 aliphatic carbocycles. The Morgan fingerprint density at radius 2 is 1.59 bits per heavy atom. The maximum Gasteiger partial charge on any atom is 0.192 e. The van der Waals surface area contributed by atoms with Crippen LogP contribution in [-0.2, 0) is 15.2 Å². The first kappa shape index (κ1) is 22.0. The Morgan fingerprint density at radius 1 is 1.04 bits per heavy atom. The largest absolute Gasteiger partial charge is 0.410 e. The van der Waals surface area contributed by atoms with Gasteiger partial charge in [-0.15, -0.1) is 0 Å². The van der Waals surface area contributed by atoms with Crippen LogP contribution in [0.15, 0.2) is 59.5 Å². The Labute approximate surface area is 167 Å². The standard InChI is InChI=1S/C22H32O3SSi/c1-17-12-14-19(15-13-17)26(24)16-20(25-27(5,6)22(2,3)4)21(23)18-10-8-7-9-11-18/h7-15,20-21,23H,16H2,1-6H3/t20-,21+,26-/m0/s1. The third-order valence-corrected chi connectivity index (χ3v) is 11.3. The molecule has 0 spiro atoms. The molecular weight excluding hydrogens is 372 g/mol. The van der Waals surface area contributed by atoms with E-state index in [1.54, 1.807) is 0 Å². The van der Waals surface area contributed by atoms with Crippen molar-refractivity contribution < 1.29 is 13.7 Å². The van der Waals surface area contributed by atoms with E-state index in [2.05, 4.69) is 33.9 Å². The topological polar surface area (TPSA) is 46.5 Å². The minimum Gasteiger partial charge on any atom is -0.410 e. The summed E-state index contributed by atoms with van der Waals surface area (Å²) < 4.78 is 19.5. The van der Waals surface area contributed by atoms with Gasteiger partial charge in [-0.25, -0.2) is 0 Å². The highest BCUT2D eigenvalue weighted by molar-refractivity contribution is 7.85. The van der Waals surface area contributed by atoms with Crippen molar-refractivity contribution >= 4 is 19.1 Å². The lowest BCUT2D eigenvalue weighted by atomic mass is 10.1. The first-order valence-corrected chi connectivity index (χ1v) is 13.6. The molecular formula is C22H32O3SSi. The van der Waals surface area contributed by atoms with Crippen LogP contribution in [0.3, 0.4) is 0 Å². The van der Waals surface area contributed by atoms with Gasteiger partial charge >= 0.3 is 0 Å². The molecule has 0 radical (unpaired) electrons. The van der Waals surface area contributed by atoms with Crippen LogP contribution in [0, 0.1) is 6.92 Å². The highest BCUT2D eigenvalue weighted by Gasteiger charge is 2.41. The van der Waals surface area contributed by atoms with Crippen LogP contribution in [0.1, 0.15) is 38.0 Å². The summed E-state index contributed by atoms with van der Waals surface area (Å²) in [4.78, 5) is 0.768. The average molecular weight is 405 g/mol. The molecule has 5 heteroatoms. The number of aliphatic hydroxyl groups is 1. The van der Waals surface area contributed by atoms with Crippen LogP contribution in [0.25, 0.3) is 0 Å². The fourth-order valence-corrected chi connectivity index (χ4v) is 5.17. The molecule has 3 atom stereocenters. The van der Waals surface area contributed by atoms with E-state index >= 15 is 0 Å². The quantitative estimate of drug-likeness (QED) is 0.643. The molecule has 3 nitrogen and oxygen atoms in total.